The molecule has 3 aromatic rings. The van der Waals surface area contributed by atoms with Crippen LogP contribution in [0.3, 0.4) is 0 Å². The molecule has 0 amide bonds. The van der Waals surface area contributed by atoms with E-state index in [2.05, 4.69) is 8.83 Å². The van der Waals surface area contributed by atoms with Crippen LogP contribution in [-0.4, -0.2) is 11.1 Å². The molecular weight excluding hydrogens is 260 g/mol. The second-order valence-electron chi connectivity index (χ2n) is 3.76. The van der Waals surface area contributed by atoms with Crippen LogP contribution in [0.1, 0.15) is 10.4 Å². The standard InChI is InChI=1S/C11H2O8/c12-7(13)2-1-3-5(10(16)18-8(3)14)6-4(2)9(15)19-11(6)17/h1H,(H,12,13). The number of hydrogen-bond acceptors (Lipinski definition) is 7. The molecule has 3 rings (SSSR count). The van der Waals surface area contributed by atoms with E-state index >= 15 is 0 Å². The minimum absolute atomic E-state index is 0.368. The molecule has 0 saturated heterocycles. The van der Waals surface area contributed by atoms with Gasteiger partial charge in [-0.1, -0.05) is 0 Å². The molecule has 0 unspecified atom stereocenters. The molecule has 0 aliphatic heterocycles. The van der Waals surface area contributed by atoms with E-state index in [4.69, 9.17) is 5.11 Å². The fraction of sp³-hybridized carbons (Fsp3) is 0. The quantitative estimate of drug-likeness (QED) is 0.602. The normalized spacial score (nSPS) is 11.4. The summed E-state index contributed by atoms with van der Waals surface area (Å²) in [6.07, 6.45) is 0. The Balaban J connectivity index is 2.88. The third kappa shape index (κ3) is 1.25. The molecule has 1 aromatic carbocycles. The van der Waals surface area contributed by atoms with E-state index in [0.29, 0.717) is 0 Å². The molecule has 0 atom stereocenters. The molecule has 1 N–H and O–H groups in total. The second kappa shape index (κ2) is 3.25. The molecule has 0 saturated carbocycles. The van der Waals surface area contributed by atoms with Crippen molar-refractivity contribution in [2.24, 2.45) is 0 Å². The maximum Gasteiger partial charge on any atom is 0.347 e. The smallest absolute Gasteiger partial charge is 0.347 e. The van der Waals surface area contributed by atoms with Crippen LogP contribution >= 0.6 is 0 Å². The summed E-state index contributed by atoms with van der Waals surface area (Å²) >= 11 is 0. The Hall–Kier alpha value is -3.03. The highest BCUT2D eigenvalue weighted by molar-refractivity contribution is 6.14. The van der Waals surface area contributed by atoms with Crippen molar-refractivity contribution in [3.63, 3.8) is 0 Å². The molecule has 0 fully saturated rings. The minimum atomic E-state index is -1.53. The topological polar surface area (TPSA) is 132 Å². The van der Waals surface area contributed by atoms with Crippen molar-refractivity contribution in [2.75, 3.05) is 0 Å². The zero-order chi connectivity index (χ0) is 13.9. The molecule has 0 spiro atoms. The molecule has 2 heterocycles. The summed E-state index contributed by atoms with van der Waals surface area (Å²) in [6.45, 7) is 0. The highest BCUT2D eigenvalue weighted by atomic mass is 16.4. The summed E-state index contributed by atoms with van der Waals surface area (Å²) in [4.78, 5) is 56.8. The van der Waals surface area contributed by atoms with Crippen molar-refractivity contribution in [2.45, 2.75) is 0 Å². The lowest BCUT2D eigenvalue weighted by atomic mass is 10.0. The molecule has 19 heavy (non-hydrogen) atoms. The number of hydrogen-bond donors (Lipinski definition) is 1. The summed E-state index contributed by atoms with van der Waals surface area (Å²) in [6, 6.07) is 0.823. The van der Waals surface area contributed by atoms with Gasteiger partial charge >= 0.3 is 28.5 Å². The fourth-order valence-electron chi connectivity index (χ4n) is 2.02. The maximum atomic E-state index is 11.5. The van der Waals surface area contributed by atoms with Gasteiger partial charge in [0.05, 0.1) is 27.1 Å². The largest absolute Gasteiger partial charge is 0.478 e. The highest BCUT2D eigenvalue weighted by Gasteiger charge is 2.25. The van der Waals surface area contributed by atoms with Gasteiger partial charge in [-0.2, -0.15) is 0 Å². The van der Waals surface area contributed by atoms with Gasteiger partial charge < -0.3 is 13.9 Å². The van der Waals surface area contributed by atoms with E-state index in [1.165, 1.54) is 0 Å². The van der Waals surface area contributed by atoms with E-state index in [-0.39, 0.29) is 5.39 Å². The van der Waals surface area contributed by atoms with Gasteiger partial charge in [0.2, 0.25) is 0 Å². The zero-order valence-electron chi connectivity index (χ0n) is 8.88. The molecule has 2 aromatic heterocycles. The van der Waals surface area contributed by atoms with Gasteiger partial charge in [0.15, 0.2) is 0 Å². The Morgan fingerprint density at radius 2 is 1.37 bits per heavy atom. The number of carboxylic acids is 1. The predicted molar refractivity (Wildman–Crippen MR) is 60.4 cm³/mol. The first kappa shape index (κ1) is 11.1. The average Bonchev–Trinajstić information content (AvgIpc) is 2.77. The van der Waals surface area contributed by atoms with Crippen LogP contribution < -0.4 is 22.5 Å². The highest BCUT2D eigenvalue weighted by Crippen LogP contribution is 2.21. The number of aromatic carboxylic acids is 1. The molecule has 0 bridgehead atoms. The van der Waals surface area contributed by atoms with Gasteiger partial charge in [0.25, 0.3) is 0 Å². The molecule has 0 aliphatic rings. The van der Waals surface area contributed by atoms with Crippen LogP contribution in [0.4, 0.5) is 0 Å². The predicted octanol–water partition coefficient (Wildman–Crippen LogP) is -0.806. The van der Waals surface area contributed by atoms with Gasteiger partial charge in [0.1, 0.15) is 0 Å². The first-order valence-electron chi connectivity index (χ1n) is 4.89. The van der Waals surface area contributed by atoms with E-state index in [1.54, 1.807) is 0 Å². The van der Waals surface area contributed by atoms with Crippen molar-refractivity contribution in [3.8, 4) is 0 Å². The van der Waals surface area contributed by atoms with Gasteiger partial charge in [-0.15, -0.1) is 0 Å². The Labute approximate surface area is 100 Å². The Kier molecular flexibility index (Phi) is 1.90. The maximum absolute atomic E-state index is 11.5. The second-order valence-corrected chi connectivity index (χ2v) is 3.76. The third-order valence-electron chi connectivity index (χ3n) is 2.76. The summed E-state index contributed by atoms with van der Waals surface area (Å²) < 4.78 is 8.56. The van der Waals surface area contributed by atoms with Crippen molar-refractivity contribution in [1.29, 1.82) is 0 Å². The summed E-state index contributed by atoms with van der Waals surface area (Å²) in [7, 11) is 0. The third-order valence-corrected chi connectivity index (χ3v) is 2.76. The lowest BCUT2D eigenvalue weighted by Crippen LogP contribution is -2.05. The van der Waals surface area contributed by atoms with Crippen molar-refractivity contribution in [1.82, 2.24) is 0 Å². The Morgan fingerprint density at radius 1 is 0.842 bits per heavy atom. The Bertz CT molecular complexity index is 1050. The van der Waals surface area contributed by atoms with Gasteiger partial charge in [0, 0.05) is 0 Å². The number of fused-ring (bicyclic) bond motifs is 3. The van der Waals surface area contributed by atoms with Crippen LogP contribution in [0.5, 0.6) is 0 Å². The summed E-state index contributed by atoms with van der Waals surface area (Å²) in [5.41, 5.74) is -5.12. The van der Waals surface area contributed by atoms with Crippen LogP contribution in [0.15, 0.2) is 34.1 Å². The van der Waals surface area contributed by atoms with Crippen LogP contribution in [0.25, 0.3) is 21.5 Å². The van der Waals surface area contributed by atoms with E-state index in [0.717, 1.165) is 6.07 Å². The molecule has 94 valence electrons. The Morgan fingerprint density at radius 3 is 2.00 bits per heavy atom. The van der Waals surface area contributed by atoms with E-state index in [1.807, 2.05) is 0 Å². The average molecular weight is 262 g/mol. The van der Waals surface area contributed by atoms with Crippen LogP contribution in [-0.2, 0) is 0 Å². The SMILES string of the molecule is O=C(O)c1cc2c(=O)oc(=O)c2c2c(=O)oc(=O)c12. The number of furan rings is 2. The van der Waals surface area contributed by atoms with Crippen LogP contribution in [0, 0.1) is 0 Å². The molecule has 8 nitrogen and oxygen atoms in total. The number of carboxylic acid groups (broad SMARTS) is 1. The number of benzene rings is 1. The minimum Gasteiger partial charge on any atom is -0.478 e. The number of rotatable bonds is 1. The molecule has 8 heteroatoms. The first-order chi connectivity index (χ1) is 8.91. The lowest BCUT2D eigenvalue weighted by Gasteiger charge is -1.94. The monoisotopic (exact) mass is 262 g/mol. The summed E-state index contributed by atoms with van der Waals surface area (Å²) in [5.74, 6) is -1.53. The zero-order valence-corrected chi connectivity index (χ0v) is 8.88. The van der Waals surface area contributed by atoms with Gasteiger partial charge in [-0.05, 0) is 6.07 Å². The molecule has 0 radical (unpaired) electrons. The summed E-state index contributed by atoms with van der Waals surface area (Å²) in [5, 5.41) is 7.11. The van der Waals surface area contributed by atoms with E-state index < -0.39 is 50.2 Å². The van der Waals surface area contributed by atoms with Crippen molar-refractivity contribution >= 4 is 27.5 Å². The van der Waals surface area contributed by atoms with Crippen LogP contribution in [0.2, 0.25) is 0 Å². The molecular formula is C11H2O8. The van der Waals surface area contributed by atoms with Crippen molar-refractivity contribution < 1.29 is 18.7 Å². The first-order valence-corrected chi connectivity index (χ1v) is 4.89. The molecule has 0 aliphatic carbocycles. The van der Waals surface area contributed by atoms with E-state index in [9.17, 15) is 24.0 Å². The van der Waals surface area contributed by atoms with Gasteiger partial charge in [-0.3, -0.25) is 0 Å². The van der Waals surface area contributed by atoms with Gasteiger partial charge in [-0.25, -0.2) is 24.0 Å². The van der Waals surface area contributed by atoms with Crippen molar-refractivity contribution in [3.05, 3.63) is 53.3 Å². The lowest BCUT2D eigenvalue weighted by molar-refractivity contribution is 0.0699. The fourth-order valence-corrected chi connectivity index (χ4v) is 2.02. The number of carbonyl (C=O) groups is 1.